The van der Waals surface area contributed by atoms with Gasteiger partial charge in [0.15, 0.2) is 0 Å². The molecule has 2 N–H and O–H groups in total. The van der Waals surface area contributed by atoms with Crippen LogP contribution in [-0.2, 0) is 0 Å². The summed E-state index contributed by atoms with van der Waals surface area (Å²) in [7, 11) is 1.62. The van der Waals surface area contributed by atoms with Crippen molar-refractivity contribution in [2.24, 2.45) is 0 Å². The summed E-state index contributed by atoms with van der Waals surface area (Å²) in [4.78, 5) is 0. The van der Waals surface area contributed by atoms with Gasteiger partial charge < -0.3 is 19.9 Å². The third-order valence-electron chi connectivity index (χ3n) is 2.94. The lowest BCUT2D eigenvalue weighted by Crippen LogP contribution is -2.43. The van der Waals surface area contributed by atoms with Crippen LogP contribution in [0.1, 0.15) is 19.8 Å². The van der Waals surface area contributed by atoms with E-state index in [-0.39, 0.29) is 6.61 Å². The van der Waals surface area contributed by atoms with Crippen molar-refractivity contribution >= 4 is 0 Å². The van der Waals surface area contributed by atoms with E-state index in [0.717, 1.165) is 5.75 Å². The maximum Gasteiger partial charge on any atom is 0.123 e. The van der Waals surface area contributed by atoms with E-state index in [1.807, 2.05) is 24.3 Å². The first-order valence-electron chi connectivity index (χ1n) is 6.32. The first kappa shape index (κ1) is 13.2. The Balaban J connectivity index is 1.80. The molecule has 0 aliphatic heterocycles. The van der Waals surface area contributed by atoms with Crippen LogP contribution in [0.3, 0.4) is 0 Å². The van der Waals surface area contributed by atoms with Crippen LogP contribution in [0.5, 0.6) is 11.5 Å². The van der Waals surface area contributed by atoms with E-state index in [0.29, 0.717) is 18.3 Å². The summed E-state index contributed by atoms with van der Waals surface area (Å²) in [6.07, 6.45) is 2.43. The van der Waals surface area contributed by atoms with Gasteiger partial charge in [0.1, 0.15) is 23.7 Å². The molecule has 1 aliphatic rings. The summed E-state index contributed by atoms with van der Waals surface area (Å²) < 4.78 is 10.7. The first-order valence-corrected chi connectivity index (χ1v) is 6.32. The van der Waals surface area contributed by atoms with Crippen LogP contribution >= 0.6 is 0 Å². The van der Waals surface area contributed by atoms with Crippen LogP contribution in [0.4, 0.5) is 0 Å². The molecular formula is C14H21NO3. The third-order valence-corrected chi connectivity index (χ3v) is 2.94. The van der Waals surface area contributed by atoms with E-state index < -0.39 is 5.60 Å². The highest BCUT2D eigenvalue weighted by Crippen LogP contribution is 2.21. The molecule has 0 radical (unpaired) electrons. The molecule has 1 aromatic rings. The average molecular weight is 251 g/mol. The molecule has 1 atom stereocenters. The molecule has 4 heteroatoms. The monoisotopic (exact) mass is 251 g/mol. The molecule has 18 heavy (non-hydrogen) atoms. The number of methoxy groups -OCH3 is 1. The second-order valence-corrected chi connectivity index (χ2v) is 5.12. The van der Waals surface area contributed by atoms with Gasteiger partial charge in [0.25, 0.3) is 0 Å². The summed E-state index contributed by atoms with van der Waals surface area (Å²) in [5.41, 5.74) is -0.855. The zero-order valence-electron chi connectivity index (χ0n) is 11.0. The van der Waals surface area contributed by atoms with Crippen LogP contribution in [0.2, 0.25) is 0 Å². The molecule has 0 amide bonds. The molecule has 0 spiro atoms. The Hall–Kier alpha value is -1.26. The maximum atomic E-state index is 10.2. The Morgan fingerprint density at radius 3 is 2.78 bits per heavy atom. The highest BCUT2D eigenvalue weighted by molar-refractivity contribution is 5.32. The number of benzene rings is 1. The summed E-state index contributed by atoms with van der Waals surface area (Å²) in [6.45, 7) is 2.60. The van der Waals surface area contributed by atoms with Crippen LogP contribution in [0, 0.1) is 0 Å². The van der Waals surface area contributed by atoms with Gasteiger partial charge in [-0.25, -0.2) is 0 Å². The molecule has 0 heterocycles. The van der Waals surface area contributed by atoms with Crippen LogP contribution < -0.4 is 14.8 Å². The van der Waals surface area contributed by atoms with Crippen molar-refractivity contribution in [1.29, 1.82) is 0 Å². The van der Waals surface area contributed by atoms with Crippen LogP contribution in [0.15, 0.2) is 24.3 Å². The largest absolute Gasteiger partial charge is 0.497 e. The topological polar surface area (TPSA) is 50.7 Å². The summed E-state index contributed by atoms with van der Waals surface area (Å²) in [6, 6.07) is 7.98. The lowest BCUT2D eigenvalue weighted by atomic mass is 10.1. The van der Waals surface area contributed by atoms with E-state index in [1.165, 1.54) is 12.8 Å². The van der Waals surface area contributed by atoms with Crippen LogP contribution in [-0.4, -0.2) is 37.0 Å². The lowest BCUT2D eigenvalue weighted by Gasteiger charge is -2.24. The Bertz CT molecular complexity index is 388. The van der Waals surface area contributed by atoms with Gasteiger partial charge in [-0.3, -0.25) is 0 Å². The number of rotatable bonds is 7. The minimum Gasteiger partial charge on any atom is -0.497 e. The smallest absolute Gasteiger partial charge is 0.123 e. The fraction of sp³-hybridized carbons (Fsp3) is 0.571. The number of hydrogen-bond acceptors (Lipinski definition) is 4. The van der Waals surface area contributed by atoms with Gasteiger partial charge in [0, 0.05) is 18.7 Å². The Morgan fingerprint density at radius 2 is 2.11 bits per heavy atom. The van der Waals surface area contributed by atoms with E-state index in [9.17, 15) is 5.11 Å². The van der Waals surface area contributed by atoms with Gasteiger partial charge in [-0.2, -0.15) is 0 Å². The van der Waals surface area contributed by atoms with Crippen molar-refractivity contribution in [3.63, 3.8) is 0 Å². The molecule has 1 fully saturated rings. The fourth-order valence-corrected chi connectivity index (χ4v) is 1.63. The SMILES string of the molecule is COc1cccc(OCC(C)(O)CNC2CC2)c1. The second-order valence-electron chi connectivity index (χ2n) is 5.12. The summed E-state index contributed by atoms with van der Waals surface area (Å²) in [5, 5.41) is 13.5. The number of ether oxygens (including phenoxy) is 2. The molecule has 2 rings (SSSR count). The predicted octanol–water partition coefficient (Wildman–Crippen LogP) is 1.58. The number of nitrogens with one attached hydrogen (secondary N) is 1. The van der Waals surface area contributed by atoms with Gasteiger partial charge in [-0.1, -0.05) is 6.07 Å². The third kappa shape index (κ3) is 4.20. The quantitative estimate of drug-likeness (QED) is 0.772. The second kappa shape index (κ2) is 5.59. The van der Waals surface area contributed by atoms with Crippen molar-refractivity contribution in [3.8, 4) is 11.5 Å². The van der Waals surface area contributed by atoms with E-state index in [2.05, 4.69) is 5.32 Å². The Kier molecular flexibility index (Phi) is 4.09. The predicted molar refractivity (Wildman–Crippen MR) is 70.1 cm³/mol. The zero-order chi connectivity index (χ0) is 13.0. The Morgan fingerprint density at radius 1 is 1.39 bits per heavy atom. The van der Waals surface area contributed by atoms with Gasteiger partial charge in [-0.15, -0.1) is 0 Å². The first-order chi connectivity index (χ1) is 8.59. The normalized spacial score (nSPS) is 18.2. The standard InChI is InChI=1S/C14H21NO3/c1-14(16,9-15-11-6-7-11)10-18-13-5-3-4-12(8-13)17-2/h3-5,8,11,15-16H,6-7,9-10H2,1-2H3. The molecule has 1 unspecified atom stereocenters. The molecular weight excluding hydrogens is 230 g/mol. The highest BCUT2D eigenvalue weighted by atomic mass is 16.5. The van der Waals surface area contributed by atoms with E-state index >= 15 is 0 Å². The highest BCUT2D eigenvalue weighted by Gasteiger charge is 2.27. The fourth-order valence-electron chi connectivity index (χ4n) is 1.63. The van der Waals surface area contributed by atoms with Crippen molar-refractivity contribution in [2.45, 2.75) is 31.4 Å². The van der Waals surface area contributed by atoms with Crippen molar-refractivity contribution in [2.75, 3.05) is 20.3 Å². The average Bonchev–Trinajstić information content (AvgIpc) is 3.19. The van der Waals surface area contributed by atoms with Gasteiger partial charge in [0.05, 0.1) is 7.11 Å². The van der Waals surface area contributed by atoms with Crippen molar-refractivity contribution in [3.05, 3.63) is 24.3 Å². The maximum absolute atomic E-state index is 10.2. The summed E-state index contributed by atoms with van der Waals surface area (Å²) >= 11 is 0. The molecule has 0 bridgehead atoms. The van der Waals surface area contributed by atoms with Crippen molar-refractivity contribution in [1.82, 2.24) is 5.32 Å². The van der Waals surface area contributed by atoms with E-state index in [1.54, 1.807) is 14.0 Å². The molecule has 4 nitrogen and oxygen atoms in total. The summed E-state index contributed by atoms with van der Waals surface area (Å²) in [5.74, 6) is 1.46. The zero-order valence-corrected chi connectivity index (χ0v) is 11.0. The lowest BCUT2D eigenvalue weighted by molar-refractivity contribution is 0.0119. The van der Waals surface area contributed by atoms with E-state index in [4.69, 9.17) is 9.47 Å². The van der Waals surface area contributed by atoms with Gasteiger partial charge in [0.2, 0.25) is 0 Å². The molecule has 100 valence electrons. The Labute approximate surface area is 108 Å². The molecule has 1 saturated carbocycles. The number of hydrogen-bond donors (Lipinski definition) is 2. The van der Waals surface area contributed by atoms with Gasteiger partial charge >= 0.3 is 0 Å². The minimum atomic E-state index is -0.855. The molecule has 0 saturated heterocycles. The number of aliphatic hydroxyl groups is 1. The molecule has 1 aliphatic carbocycles. The minimum absolute atomic E-state index is 0.264. The molecule has 0 aromatic heterocycles. The molecule has 1 aromatic carbocycles. The van der Waals surface area contributed by atoms with Gasteiger partial charge in [-0.05, 0) is 31.9 Å². The van der Waals surface area contributed by atoms with Crippen LogP contribution in [0.25, 0.3) is 0 Å². The van der Waals surface area contributed by atoms with Crippen molar-refractivity contribution < 1.29 is 14.6 Å².